The van der Waals surface area contributed by atoms with E-state index in [0.29, 0.717) is 16.9 Å². The monoisotopic (exact) mass is 367 g/mol. The van der Waals surface area contributed by atoms with Crippen LogP contribution in [0.5, 0.6) is 5.75 Å². The SMILES string of the molecule is CCN1C(=O)N/C(=C/c2ccccc2OCc2cccc([N+](=O)[O-])c2)C1=O. The average molecular weight is 367 g/mol. The molecule has 2 aromatic rings. The summed E-state index contributed by atoms with van der Waals surface area (Å²) in [5, 5.41) is 13.4. The van der Waals surface area contributed by atoms with E-state index in [1.165, 1.54) is 12.1 Å². The summed E-state index contributed by atoms with van der Waals surface area (Å²) in [5.41, 5.74) is 1.43. The molecule has 0 bridgehead atoms. The lowest BCUT2D eigenvalue weighted by atomic mass is 10.1. The Hall–Kier alpha value is -3.68. The number of imide groups is 1. The minimum Gasteiger partial charge on any atom is -0.488 e. The normalized spacial score (nSPS) is 15.1. The fraction of sp³-hybridized carbons (Fsp3) is 0.158. The van der Waals surface area contributed by atoms with Gasteiger partial charge in [-0.3, -0.25) is 19.8 Å². The number of nitrogens with zero attached hydrogens (tertiary/aromatic N) is 2. The van der Waals surface area contributed by atoms with Crippen molar-refractivity contribution in [1.29, 1.82) is 0 Å². The number of nitrogens with one attached hydrogen (secondary N) is 1. The third-order valence-corrected chi connectivity index (χ3v) is 4.01. The summed E-state index contributed by atoms with van der Waals surface area (Å²) < 4.78 is 5.78. The van der Waals surface area contributed by atoms with Gasteiger partial charge in [-0.05, 0) is 24.6 Å². The van der Waals surface area contributed by atoms with Gasteiger partial charge in [-0.2, -0.15) is 0 Å². The molecule has 2 aromatic carbocycles. The number of rotatable bonds is 6. The van der Waals surface area contributed by atoms with Crippen LogP contribution in [0.1, 0.15) is 18.1 Å². The number of likely N-dealkylation sites (N-methyl/N-ethyl adjacent to an activating group) is 1. The van der Waals surface area contributed by atoms with Crippen LogP contribution in [-0.4, -0.2) is 28.3 Å². The number of para-hydroxylation sites is 1. The van der Waals surface area contributed by atoms with Crippen molar-refractivity contribution in [2.24, 2.45) is 0 Å². The molecule has 1 N–H and O–H groups in total. The summed E-state index contributed by atoms with van der Waals surface area (Å²) >= 11 is 0. The van der Waals surface area contributed by atoms with Crippen LogP contribution < -0.4 is 10.1 Å². The first-order chi connectivity index (χ1) is 13.0. The topological polar surface area (TPSA) is 102 Å². The largest absolute Gasteiger partial charge is 0.488 e. The number of benzene rings is 2. The van der Waals surface area contributed by atoms with Crippen LogP contribution in [0.3, 0.4) is 0 Å². The molecule has 1 saturated heterocycles. The molecule has 3 rings (SSSR count). The fourth-order valence-corrected chi connectivity index (χ4v) is 2.67. The Bertz CT molecular complexity index is 938. The number of nitro benzene ring substituents is 1. The van der Waals surface area contributed by atoms with Gasteiger partial charge in [0, 0.05) is 24.2 Å². The highest BCUT2D eigenvalue weighted by Crippen LogP contribution is 2.24. The van der Waals surface area contributed by atoms with Crippen molar-refractivity contribution in [3.8, 4) is 5.75 Å². The first-order valence-corrected chi connectivity index (χ1v) is 8.29. The van der Waals surface area contributed by atoms with Crippen LogP contribution in [0.2, 0.25) is 0 Å². The number of nitro groups is 1. The van der Waals surface area contributed by atoms with Gasteiger partial charge in [0.25, 0.3) is 11.6 Å². The maximum atomic E-state index is 12.2. The molecule has 8 heteroatoms. The van der Waals surface area contributed by atoms with E-state index < -0.39 is 16.9 Å². The molecule has 1 fully saturated rings. The number of ether oxygens (including phenoxy) is 1. The number of non-ortho nitro benzene ring substituents is 1. The van der Waals surface area contributed by atoms with E-state index in [4.69, 9.17) is 4.74 Å². The predicted octanol–water partition coefficient (Wildman–Crippen LogP) is 3.09. The van der Waals surface area contributed by atoms with E-state index in [-0.39, 0.29) is 24.5 Å². The zero-order chi connectivity index (χ0) is 19.4. The molecule has 0 radical (unpaired) electrons. The molecule has 138 valence electrons. The Labute approximate surface area is 155 Å². The molecule has 0 saturated carbocycles. The third kappa shape index (κ3) is 3.95. The highest BCUT2D eigenvalue weighted by molar-refractivity contribution is 6.14. The molecule has 1 heterocycles. The zero-order valence-electron chi connectivity index (χ0n) is 14.5. The number of carbonyl (C=O) groups excluding carboxylic acids is 2. The van der Waals surface area contributed by atoms with Gasteiger partial charge in [0.2, 0.25) is 0 Å². The average Bonchev–Trinajstić information content (AvgIpc) is 2.94. The summed E-state index contributed by atoms with van der Waals surface area (Å²) in [5.74, 6) is 0.101. The zero-order valence-corrected chi connectivity index (χ0v) is 14.5. The Morgan fingerprint density at radius 1 is 1.19 bits per heavy atom. The van der Waals surface area contributed by atoms with E-state index in [9.17, 15) is 19.7 Å². The molecule has 0 unspecified atom stereocenters. The van der Waals surface area contributed by atoms with Gasteiger partial charge in [-0.15, -0.1) is 0 Å². The van der Waals surface area contributed by atoms with Gasteiger partial charge >= 0.3 is 6.03 Å². The maximum absolute atomic E-state index is 12.2. The van der Waals surface area contributed by atoms with E-state index in [0.717, 1.165) is 4.90 Å². The molecule has 0 aliphatic carbocycles. The summed E-state index contributed by atoms with van der Waals surface area (Å²) in [4.78, 5) is 35.5. The van der Waals surface area contributed by atoms with Crippen LogP contribution in [-0.2, 0) is 11.4 Å². The molecular formula is C19H17N3O5. The van der Waals surface area contributed by atoms with Crippen molar-refractivity contribution in [2.75, 3.05) is 6.54 Å². The first-order valence-electron chi connectivity index (χ1n) is 8.29. The van der Waals surface area contributed by atoms with Crippen molar-refractivity contribution in [3.05, 3.63) is 75.5 Å². The second-order valence-corrected chi connectivity index (χ2v) is 5.79. The van der Waals surface area contributed by atoms with Crippen LogP contribution in [0, 0.1) is 10.1 Å². The molecule has 0 spiro atoms. The van der Waals surface area contributed by atoms with Crippen LogP contribution in [0.15, 0.2) is 54.2 Å². The summed E-state index contributed by atoms with van der Waals surface area (Å²) in [6, 6.07) is 12.8. The number of carbonyl (C=O) groups is 2. The second kappa shape index (κ2) is 7.69. The van der Waals surface area contributed by atoms with Crippen LogP contribution >= 0.6 is 0 Å². The van der Waals surface area contributed by atoms with Gasteiger partial charge in [0.1, 0.15) is 18.1 Å². The van der Waals surface area contributed by atoms with Gasteiger partial charge in [0.15, 0.2) is 0 Å². The smallest absolute Gasteiger partial charge is 0.328 e. The fourth-order valence-electron chi connectivity index (χ4n) is 2.67. The molecule has 0 aromatic heterocycles. The summed E-state index contributed by atoms with van der Waals surface area (Å²) in [6.07, 6.45) is 1.55. The summed E-state index contributed by atoms with van der Waals surface area (Å²) in [6.45, 7) is 2.13. The second-order valence-electron chi connectivity index (χ2n) is 5.79. The first kappa shape index (κ1) is 18.1. The van der Waals surface area contributed by atoms with E-state index in [1.807, 2.05) is 0 Å². The third-order valence-electron chi connectivity index (χ3n) is 4.01. The molecule has 3 amide bonds. The molecule has 0 atom stereocenters. The van der Waals surface area contributed by atoms with Crippen molar-refractivity contribution in [1.82, 2.24) is 10.2 Å². The predicted molar refractivity (Wildman–Crippen MR) is 97.8 cm³/mol. The number of amides is 3. The van der Waals surface area contributed by atoms with Crippen LogP contribution in [0.4, 0.5) is 10.5 Å². The maximum Gasteiger partial charge on any atom is 0.328 e. The minimum absolute atomic E-state index is 0.00887. The Morgan fingerprint density at radius 3 is 2.67 bits per heavy atom. The lowest BCUT2D eigenvalue weighted by Gasteiger charge is -2.10. The lowest BCUT2D eigenvalue weighted by molar-refractivity contribution is -0.384. The van der Waals surface area contributed by atoms with E-state index in [1.54, 1.807) is 49.4 Å². The summed E-state index contributed by atoms with van der Waals surface area (Å²) in [7, 11) is 0. The van der Waals surface area contributed by atoms with Gasteiger partial charge < -0.3 is 10.1 Å². The molecule has 27 heavy (non-hydrogen) atoms. The Kier molecular flexibility index (Phi) is 5.16. The van der Waals surface area contributed by atoms with E-state index in [2.05, 4.69) is 5.32 Å². The van der Waals surface area contributed by atoms with Crippen molar-refractivity contribution >= 4 is 23.7 Å². The van der Waals surface area contributed by atoms with Gasteiger partial charge in [-0.25, -0.2) is 4.79 Å². The van der Waals surface area contributed by atoms with Crippen molar-refractivity contribution in [2.45, 2.75) is 13.5 Å². The van der Waals surface area contributed by atoms with E-state index >= 15 is 0 Å². The highest BCUT2D eigenvalue weighted by atomic mass is 16.6. The highest BCUT2D eigenvalue weighted by Gasteiger charge is 2.32. The Balaban J connectivity index is 1.80. The van der Waals surface area contributed by atoms with Gasteiger partial charge in [-0.1, -0.05) is 30.3 Å². The lowest BCUT2D eigenvalue weighted by Crippen LogP contribution is -2.30. The molecular weight excluding hydrogens is 350 g/mol. The Morgan fingerprint density at radius 2 is 1.96 bits per heavy atom. The minimum atomic E-state index is -0.463. The number of hydrogen-bond donors (Lipinski definition) is 1. The quantitative estimate of drug-likeness (QED) is 0.366. The van der Waals surface area contributed by atoms with Crippen molar-refractivity contribution in [3.63, 3.8) is 0 Å². The van der Waals surface area contributed by atoms with Crippen LogP contribution in [0.25, 0.3) is 6.08 Å². The molecule has 1 aliphatic rings. The van der Waals surface area contributed by atoms with Crippen molar-refractivity contribution < 1.29 is 19.2 Å². The van der Waals surface area contributed by atoms with Gasteiger partial charge in [0.05, 0.1) is 4.92 Å². The molecule has 1 aliphatic heterocycles. The standard InChI is InChI=1S/C19H17N3O5/c1-2-21-18(23)16(20-19(21)24)11-14-7-3-4-9-17(14)27-12-13-6-5-8-15(10-13)22(25)26/h3-11H,2,12H2,1H3,(H,20,24)/b16-11+. The number of hydrogen-bond acceptors (Lipinski definition) is 5. The molecule has 8 nitrogen and oxygen atoms in total. The number of urea groups is 1.